The molecule has 0 radical (unpaired) electrons. The number of hydrogen-bond donors (Lipinski definition) is 0. The average molecular weight is 271 g/mol. The fourth-order valence-electron chi connectivity index (χ4n) is 2.70. The van der Waals surface area contributed by atoms with Gasteiger partial charge in [-0.25, -0.2) is 0 Å². The van der Waals surface area contributed by atoms with Crippen LogP contribution < -0.4 is 0 Å². The fourth-order valence-corrected chi connectivity index (χ4v) is 2.70. The zero-order chi connectivity index (χ0) is 14.5. The van der Waals surface area contributed by atoms with Crippen LogP contribution in [0.15, 0.2) is 24.3 Å². The topological polar surface area (TPSA) is 29.5 Å². The van der Waals surface area contributed by atoms with Crippen molar-refractivity contribution < 1.29 is 9.53 Å². The van der Waals surface area contributed by atoms with Gasteiger partial charge in [-0.1, -0.05) is 25.0 Å². The molecule has 1 aliphatic rings. The molecule has 106 valence electrons. The molecule has 0 spiro atoms. The Morgan fingerprint density at radius 1 is 1.45 bits per heavy atom. The van der Waals surface area contributed by atoms with Crippen molar-refractivity contribution in [1.29, 1.82) is 0 Å². The molecule has 0 aromatic heterocycles. The molecule has 0 saturated carbocycles. The number of piperidine rings is 1. The van der Waals surface area contributed by atoms with Crippen LogP contribution in [0.2, 0.25) is 0 Å². The van der Waals surface area contributed by atoms with Gasteiger partial charge in [0.05, 0.1) is 7.11 Å². The number of likely N-dealkylation sites (tertiary alicyclic amines) is 1. The Hall–Kier alpha value is -1.79. The van der Waals surface area contributed by atoms with Gasteiger partial charge in [0.15, 0.2) is 0 Å². The lowest BCUT2D eigenvalue weighted by molar-refractivity contribution is -0.149. The molecule has 0 N–H and O–H groups in total. The monoisotopic (exact) mass is 271 g/mol. The van der Waals surface area contributed by atoms with Gasteiger partial charge >= 0.3 is 5.97 Å². The quantitative estimate of drug-likeness (QED) is 0.624. The highest BCUT2D eigenvalue weighted by Crippen LogP contribution is 2.25. The van der Waals surface area contributed by atoms with Gasteiger partial charge in [0.2, 0.25) is 0 Å². The van der Waals surface area contributed by atoms with Crippen molar-refractivity contribution in [3.8, 4) is 12.3 Å². The van der Waals surface area contributed by atoms with Crippen molar-refractivity contribution in [3.05, 3.63) is 35.4 Å². The van der Waals surface area contributed by atoms with E-state index in [-0.39, 0.29) is 12.0 Å². The lowest BCUT2D eigenvalue weighted by atomic mass is 9.92. The number of rotatable bonds is 3. The van der Waals surface area contributed by atoms with E-state index in [0.29, 0.717) is 5.92 Å². The van der Waals surface area contributed by atoms with E-state index >= 15 is 0 Å². The Balaban J connectivity index is 2.08. The van der Waals surface area contributed by atoms with E-state index in [9.17, 15) is 4.79 Å². The second-order valence-electron chi connectivity index (χ2n) is 5.48. The average Bonchev–Trinajstić information content (AvgIpc) is 2.49. The maximum absolute atomic E-state index is 11.9. The molecule has 1 fully saturated rings. The standard InChI is InChI=1S/C17H21NO2/c1-4-14-5-7-15(8-6-14)12-18-10-9-13(2)11-16(18)17(19)20-3/h1,5-8,13,16H,9-12H2,2-3H3/t13-,16-/m1/s1. The summed E-state index contributed by atoms with van der Waals surface area (Å²) >= 11 is 0. The van der Waals surface area contributed by atoms with Crippen LogP contribution in [0.25, 0.3) is 0 Å². The molecule has 1 aliphatic heterocycles. The molecule has 0 amide bonds. The number of carbonyl (C=O) groups excluding carboxylic acids is 1. The van der Waals surface area contributed by atoms with Crippen LogP contribution in [0.5, 0.6) is 0 Å². The third-order valence-corrected chi connectivity index (χ3v) is 3.96. The third-order valence-electron chi connectivity index (χ3n) is 3.96. The summed E-state index contributed by atoms with van der Waals surface area (Å²) < 4.78 is 4.94. The molecule has 1 aromatic rings. The second-order valence-corrected chi connectivity index (χ2v) is 5.48. The zero-order valence-electron chi connectivity index (χ0n) is 12.1. The summed E-state index contributed by atoms with van der Waals surface area (Å²) in [5.74, 6) is 3.05. The largest absolute Gasteiger partial charge is 0.468 e. The molecule has 1 heterocycles. The maximum Gasteiger partial charge on any atom is 0.323 e. The highest BCUT2D eigenvalue weighted by atomic mass is 16.5. The first kappa shape index (κ1) is 14.6. The smallest absolute Gasteiger partial charge is 0.323 e. The molecular weight excluding hydrogens is 250 g/mol. The fraction of sp³-hybridized carbons (Fsp3) is 0.471. The van der Waals surface area contributed by atoms with Crippen molar-refractivity contribution in [3.63, 3.8) is 0 Å². The molecule has 0 aliphatic carbocycles. The van der Waals surface area contributed by atoms with E-state index in [1.54, 1.807) is 0 Å². The van der Waals surface area contributed by atoms with Crippen molar-refractivity contribution >= 4 is 5.97 Å². The summed E-state index contributed by atoms with van der Waals surface area (Å²) in [6.07, 6.45) is 7.35. The first-order chi connectivity index (χ1) is 9.63. The summed E-state index contributed by atoms with van der Waals surface area (Å²) in [6, 6.07) is 7.81. The van der Waals surface area contributed by atoms with Gasteiger partial charge in [-0.2, -0.15) is 0 Å². The van der Waals surface area contributed by atoms with E-state index in [0.717, 1.165) is 31.5 Å². The van der Waals surface area contributed by atoms with Gasteiger partial charge in [-0.05, 0) is 43.0 Å². The van der Waals surface area contributed by atoms with Crippen LogP contribution in [0, 0.1) is 18.3 Å². The Kier molecular flexibility index (Phi) is 4.81. The summed E-state index contributed by atoms with van der Waals surface area (Å²) in [7, 11) is 1.46. The van der Waals surface area contributed by atoms with E-state index in [2.05, 4.69) is 17.7 Å². The van der Waals surface area contributed by atoms with Crippen LogP contribution in [-0.2, 0) is 16.1 Å². The minimum atomic E-state index is -0.129. The van der Waals surface area contributed by atoms with Gasteiger partial charge in [0.25, 0.3) is 0 Å². The number of hydrogen-bond acceptors (Lipinski definition) is 3. The highest BCUT2D eigenvalue weighted by molar-refractivity contribution is 5.75. The van der Waals surface area contributed by atoms with Crippen molar-refractivity contribution in [2.45, 2.75) is 32.4 Å². The summed E-state index contributed by atoms with van der Waals surface area (Å²) in [5, 5.41) is 0. The van der Waals surface area contributed by atoms with Crippen molar-refractivity contribution in [1.82, 2.24) is 4.90 Å². The van der Waals surface area contributed by atoms with Gasteiger partial charge in [-0.3, -0.25) is 9.69 Å². The maximum atomic E-state index is 11.9. The SMILES string of the molecule is C#Cc1ccc(CN2CC[C@@H](C)C[C@@H]2C(=O)OC)cc1. The number of carbonyl (C=O) groups is 1. The van der Waals surface area contributed by atoms with Gasteiger partial charge in [0.1, 0.15) is 6.04 Å². The Bertz CT molecular complexity index is 501. The first-order valence-corrected chi connectivity index (χ1v) is 7.01. The molecule has 2 atom stereocenters. The van der Waals surface area contributed by atoms with Crippen LogP contribution in [0.1, 0.15) is 30.9 Å². The Labute approximate surface area is 120 Å². The number of esters is 1. The molecule has 0 bridgehead atoms. The molecule has 3 heteroatoms. The van der Waals surface area contributed by atoms with E-state index < -0.39 is 0 Å². The predicted octanol–water partition coefficient (Wildman–Crippen LogP) is 2.44. The highest BCUT2D eigenvalue weighted by Gasteiger charge is 2.32. The molecule has 1 saturated heterocycles. The summed E-state index contributed by atoms with van der Waals surface area (Å²) in [5.41, 5.74) is 2.05. The van der Waals surface area contributed by atoms with Crippen LogP contribution in [0.4, 0.5) is 0 Å². The predicted molar refractivity (Wildman–Crippen MR) is 79.0 cm³/mol. The number of ether oxygens (including phenoxy) is 1. The molecule has 2 rings (SSSR count). The lowest BCUT2D eigenvalue weighted by Gasteiger charge is -2.36. The van der Waals surface area contributed by atoms with Crippen LogP contribution in [0.3, 0.4) is 0 Å². The molecular formula is C17H21NO2. The first-order valence-electron chi connectivity index (χ1n) is 7.01. The molecule has 1 aromatic carbocycles. The second kappa shape index (κ2) is 6.58. The Morgan fingerprint density at radius 3 is 2.75 bits per heavy atom. The third kappa shape index (κ3) is 3.40. The van der Waals surface area contributed by atoms with Gasteiger partial charge < -0.3 is 4.74 Å². The molecule has 20 heavy (non-hydrogen) atoms. The molecule has 3 nitrogen and oxygen atoms in total. The van der Waals surface area contributed by atoms with Crippen molar-refractivity contribution in [2.24, 2.45) is 5.92 Å². The van der Waals surface area contributed by atoms with Gasteiger partial charge in [-0.15, -0.1) is 6.42 Å². The lowest BCUT2D eigenvalue weighted by Crippen LogP contribution is -2.46. The van der Waals surface area contributed by atoms with E-state index in [4.69, 9.17) is 11.2 Å². The number of benzene rings is 1. The zero-order valence-corrected chi connectivity index (χ0v) is 12.1. The number of nitrogens with zero attached hydrogens (tertiary/aromatic N) is 1. The minimum Gasteiger partial charge on any atom is -0.468 e. The van der Waals surface area contributed by atoms with E-state index in [1.807, 2.05) is 24.3 Å². The van der Waals surface area contributed by atoms with Gasteiger partial charge in [0, 0.05) is 12.1 Å². The normalized spacial score (nSPS) is 23.1. The van der Waals surface area contributed by atoms with Crippen molar-refractivity contribution in [2.75, 3.05) is 13.7 Å². The summed E-state index contributed by atoms with van der Waals surface area (Å²) in [6.45, 7) is 3.88. The van der Waals surface area contributed by atoms with Crippen LogP contribution >= 0.6 is 0 Å². The number of methoxy groups -OCH3 is 1. The summed E-state index contributed by atoms with van der Waals surface area (Å²) in [4.78, 5) is 14.1. The van der Waals surface area contributed by atoms with E-state index in [1.165, 1.54) is 12.7 Å². The minimum absolute atomic E-state index is 0.128. The van der Waals surface area contributed by atoms with Crippen LogP contribution in [-0.4, -0.2) is 30.6 Å². The molecule has 0 unspecified atom stereocenters. The number of terminal acetylenes is 1. The Morgan fingerprint density at radius 2 is 2.15 bits per heavy atom.